The maximum atomic E-state index is 11.9. The highest BCUT2D eigenvalue weighted by molar-refractivity contribution is 7.13. The Bertz CT molecular complexity index is 676. The van der Waals surface area contributed by atoms with Gasteiger partial charge in [0.1, 0.15) is 17.7 Å². The van der Waals surface area contributed by atoms with Crippen molar-refractivity contribution in [1.29, 1.82) is 0 Å². The van der Waals surface area contributed by atoms with Gasteiger partial charge in [-0.2, -0.15) is 0 Å². The zero-order valence-electron chi connectivity index (χ0n) is 13.4. The van der Waals surface area contributed by atoms with Crippen molar-refractivity contribution >= 4 is 23.2 Å². The minimum absolute atomic E-state index is 0.189. The van der Waals surface area contributed by atoms with Crippen molar-refractivity contribution in [2.75, 3.05) is 18.4 Å². The van der Waals surface area contributed by atoms with Crippen LogP contribution in [0.4, 0.5) is 10.6 Å². The number of anilines is 1. The van der Waals surface area contributed by atoms with Gasteiger partial charge in [0, 0.05) is 19.2 Å². The van der Waals surface area contributed by atoms with Crippen LogP contribution in [0.2, 0.25) is 0 Å². The number of nitrogens with one attached hydrogen (secondary N) is 1. The molecule has 0 radical (unpaired) electrons. The number of likely N-dealkylation sites (tertiary alicyclic amines) is 1. The van der Waals surface area contributed by atoms with Crippen LogP contribution in [-0.4, -0.2) is 45.7 Å². The molecule has 1 saturated heterocycles. The largest absolute Gasteiger partial charge is 0.444 e. The predicted octanol–water partition coefficient (Wildman–Crippen LogP) is 3.24. The standard InChI is InChI=1S/C16H20N4O2S/c1-16(2,3)22-15(21)20-8-11(9-20)19-14-7-12(17-10-18-14)13-5-4-6-23-13/h4-7,10-11H,8-9H2,1-3H3,(H,17,18,19). The zero-order chi connectivity index (χ0) is 16.4. The second-order valence-corrected chi connectivity index (χ2v) is 7.44. The van der Waals surface area contributed by atoms with Crippen LogP contribution in [0.25, 0.3) is 10.6 Å². The lowest BCUT2D eigenvalue weighted by Gasteiger charge is -2.40. The molecular weight excluding hydrogens is 312 g/mol. The molecule has 0 spiro atoms. The molecule has 0 unspecified atom stereocenters. The third-order valence-corrected chi connectivity index (χ3v) is 4.22. The number of carbonyl (C=O) groups is 1. The van der Waals surface area contributed by atoms with Crippen LogP contribution in [0.15, 0.2) is 29.9 Å². The second kappa shape index (κ2) is 6.16. The van der Waals surface area contributed by atoms with E-state index in [0.29, 0.717) is 13.1 Å². The summed E-state index contributed by atoms with van der Waals surface area (Å²) in [7, 11) is 0. The van der Waals surface area contributed by atoms with Gasteiger partial charge in [0.15, 0.2) is 0 Å². The molecule has 2 aromatic heterocycles. The van der Waals surface area contributed by atoms with Crippen LogP contribution in [0, 0.1) is 0 Å². The van der Waals surface area contributed by atoms with E-state index in [-0.39, 0.29) is 12.1 Å². The summed E-state index contributed by atoms with van der Waals surface area (Å²) in [5.74, 6) is 0.775. The van der Waals surface area contributed by atoms with Crippen LogP contribution < -0.4 is 5.32 Å². The first-order valence-corrected chi connectivity index (χ1v) is 8.39. The highest BCUT2D eigenvalue weighted by atomic mass is 32.1. The molecule has 0 saturated carbocycles. The van der Waals surface area contributed by atoms with Gasteiger partial charge < -0.3 is 15.0 Å². The summed E-state index contributed by atoms with van der Waals surface area (Å²) in [6.07, 6.45) is 1.29. The second-order valence-electron chi connectivity index (χ2n) is 6.49. The van der Waals surface area contributed by atoms with E-state index in [1.54, 1.807) is 22.6 Å². The number of hydrogen-bond donors (Lipinski definition) is 1. The van der Waals surface area contributed by atoms with Crippen LogP contribution in [0.3, 0.4) is 0 Å². The number of nitrogens with zero attached hydrogens (tertiary/aromatic N) is 3. The number of amides is 1. The van der Waals surface area contributed by atoms with E-state index >= 15 is 0 Å². The summed E-state index contributed by atoms with van der Waals surface area (Å²) in [4.78, 5) is 23.2. The van der Waals surface area contributed by atoms with E-state index in [1.807, 2.05) is 44.4 Å². The molecule has 3 heterocycles. The van der Waals surface area contributed by atoms with E-state index in [2.05, 4.69) is 15.3 Å². The molecule has 23 heavy (non-hydrogen) atoms. The minimum Gasteiger partial charge on any atom is -0.444 e. The Kier molecular flexibility index (Phi) is 4.21. The van der Waals surface area contributed by atoms with Gasteiger partial charge in [-0.15, -0.1) is 11.3 Å². The van der Waals surface area contributed by atoms with Crippen molar-refractivity contribution in [2.24, 2.45) is 0 Å². The monoisotopic (exact) mass is 332 g/mol. The summed E-state index contributed by atoms with van der Waals surface area (Å²) >= 11 is 1.65. The molecule has 1 aliphatic rings. The third-order valence-electron chi connectivity index (χ3n) is 3.33. The van der Waals surface area contributed by atoms with Crippen molar-refractivity contribution in [3.05, 3.63) is 29.9 Å². The maximum absolute atomic E-state index is 11.9. The average molecular weight is 332 g/mol. The van der Waals surface area contributed by atoms with E-state index in [1.165, 1.54) is 0 Å². The molecule has 0 bridgehead atoms. The van der Waals surface area contributed by atoms with Crippen LogP contribution in [0.5, 0.6) is 0 Å². The first-order chi connectivity index (χ1) is 10.9. The van der Waals surface area contributed by atoms with Gasteiger partial charge >= 0.3 is 6.09 Å². The predicted molar refractivity (Wildman–Crippen MR) is 90.6 cm³/mol. The lowest BCUT2D eigenvalue weighted by molar-refractivity contribution is 0.0104. The van der Waals surface area contributed by atoms with Crippen LogP contribution in [0.1, 0.15) is 20.8 Å². The Morgan fingerprint density at radius 3 is 2.83 bits per heavy atom. The Labute approximate surface area is 139 Å². The van der Waals surface area contributed by atoms with Gasteiger partial charge in [-0.1, -0.05) is 6.07 Å². The number of thiophene rings is 1. The van der Waals surface area contributed by atoms with Gasteiger partial charge in [0.2, 0.25) is 0 Å². The Balaban J connectivity index is 1.54. The molecular formula is C16H20N4O2S. The number of ether oxygens (including phenoxy) is 1. The molecule has 7 heteroatoms. The number of aromatic nitrogens is 2. The summed E-state index contributed by atoms with van der Waals surface area (Å²) in [6, 6.07) is 6.15. The first-order valence-electron chi connectivity index (χ1n) is 7.51. The molecule has 1 aliphatic heterocycles. The normalized spacial score (nSPS) is 15.2. The van der Waals surface area contributed by atoms with E-state index in [9.17, 15) is 4.79 Å². The molecule has 2 aromatic rings. The smallest absolute Gasteiger partial charge is 0.410 e. The summed E-state index contributed by atoms with van der Waals surface area (Å²) in [5, 5.41) is 5.36. The van der Waals surface area contributed by atoms with E-state index < -0.39 is 5.60 Å². The van der Waals surface area contributed by atoms with Gasteiger partial charge in [-0.05, 0) is 32.2 Å². The molecule has 6 nitrogen and oxygen atoms in total. The molecule has 0 aliphatic carbocycles. The quantitative estimate of drug-likeness (QED) is 0.934. The number of carbonyl (C=O) groups excluding carboxylic acids is 1. The lowest BCUT2D eigenvalue weighted by atomic mass is 10.1. The highest BCUT2D eigenvalue weighted by Crippen LogP contribution is 2.24. The molecule has 3 rings (SSSR count). The van der Waals surface area contributed by atoms with Gasteiger partial charge in [-0.3, -0.25) is 0 Å². The summed E-state index contributed by atoms with van der Waals surface area (Å²) in [5.41, 5.74) is 0.443. The van der Waals surface area contributed by atoms with Crippen molar-refractivity contribution in [2.45, 2.75) is 32.4 Å². The Morgan fingerprint density at radius 2 is 2.17 bits per heavy atom. The molecule has 1 fully saturated rings. The SMILES string of the molecule is CC(C)(C)OC(=O)N1CC(Nc2cc(-c3cccs3)ncn2)C1. The number of rotatable bonds is 3. The number of hydrogen-bond acceptors (Lipinski definition) is 6. The fourth-order valence-corrected chi connectivity index (χ4v) is 2.94. The average Bonchev–Trinajstić information content (AvgIpc) is 2.94. The van der Waals surface area contributed by atoms with Crippen molar-refractivity contribution < 1.29 is 9.53 Å². The topological polar surface area (TPSA) is 67.3 Å². The maximum Gasteiger partial charge on any atom is 0.410 e. The molecule has 1 amide bonds. The minimum atomic E-state index is -0.460. The third kappa shape index (κ3) is 3.98. The highest BCUT2D eigenvalue weighted by Gasteiger charge is 2.33. The zero-order valence-corrected chi connectivity index (χ0v) is 14.3. The van der Waals surface area contributed by atoms with Crippen molar-refractivity contribution in [3.8, 4) is 10.6 Å². The Morgan fingerprint density at radius 1 is 1.39 bits per heavy atom. The molecule has 0 atom stereocenters. The fourth-order valence-electron chi connectivity index (χ4n) is 2.25. The van der Waals surface area contributed by atoms with E-state index in [4.69, 9.17) is 4.74 Å². The van der Waals surface area contributed by atoms with Gasteiger partial charge in [-0.25, -0.2) is 14.8 Å². The lowest BCUT2D eigenvalue weighted by Crippen LogP contribution is -2.58. The molecule has 122 valence electrons. The Hall–Kier alpha value is -2.15. The summed E-state index contributed by atoms with van der Waals surface area (Å²) < 4.78 is 5.34. The van der Waals surface area contributed by atoms with Gasteiger partial charge in [0.05, 0.1) is 16.6 Å². The molecule has 0 aromatic carbocycles. The van der Waals surface area contributed by atoms with Crippen molar-refractivity contribution in [3.63, 3.8) is 0 Å². The summed E-state index contributed by atoms with van der Waals surface area (Å²) in [6.45, 7) is 6.84. The van der Waals surface area contributed by atoms with Crippen molar-refractivity contribution in [1.82, 2.24) is 14.9 Å². The van der Waals surface area contributed by atoms with Crippen LogP contribution in [-0.2, 0) is 4.74 Å². The van der Waals surface area contributed by atoms with E-state index in [0.717, 1.165) is 16.4 Å². The molecule has 1 N–H and O–H groups in total. The fraction of sp³-hybridized carbons (Fsp3) is 0.438. The van der Waals surface area contributed by atoms with Gasteiger partial charge in [0.25, 0.3) is 0 Å². The van der Waals surface area contributed by atoms with Crippen LogP contribution >= 0.6 is 11.3 Å². The first kappa shape index (κ1) is 15.7.